The van der Waals surface area contributed by atoms with E-state index < -0.39 is 26.8 Å². The number of nitrogens with zero attached hydrogens (tertiary/aromatic N) is 1. The van der Waals surface area contributed by atoms with Crippen LogP contribution in [-0.2, 0) is 14.6 Å². The zero-order chi connectivity index (χ0) is 21.8. The van der Waals surface area contributed by atoms with E-state index in [-0.39, 0.29) is 36.7 Å². The molecule has 1 atom stereocenters. The van der Waals surface area contributed by atoms with E-state index >= 15 is 0 Å². The van der Waals surface area contributed by atoms with Crippen LogP contribution in [0.5, 0.6) is 0 Å². The number of benzene rings is 3. The number of amides is 1. The van der Waals surface area contributed by atoms with Gasteiger partial charge in [-0.1, -0.05) is 78.9 Å². The third-order valence-electron chi connectivity index (χ3n) is 5.82. The zero-order valence-electron chi connectivity index (χ0n) is 17.0. The summed E-state index contributed by atoms with van der Waals surface area (Å²) < 4.78 is 40.2. The van der Waals surface area contributed by atoms with Crippen LogP contribution in [0.1, 0.15) is 34.3 Å². The predicted molar refractivity (Wildman–Crippen MR) is 119 cm³/mol. The van der Waals surface area contributed by atoms with Gasteiger partial charge in [0, 0.05) is 18.7 Å². The van der Waals surface area contributed by atoms with Gasteiger partial charge in [0.05, 0.1) is 16.9 Å². The zero-order valence-corrected chi connectivity index (χ0v) is 17.8. The van der Waals surface area contributed by atoms with Gasteiger partial charge in [-0.3, -0.25) is 4.79 Å². The number of hydrogen-bond acceptors (Lipinski definition) is 3. The van der Waals surface area contributed by atoms with Gasteiger partial charge in [0.1, 0.15) is 5.82 Å². The molecule has 3 aromatic carbocycles. The molecular formula is C25H24FNO3S. The molecular weight excluding hydrogens is 413 g/mol. The van der Waals surface area contributed by atoms with Crippen LogP contribution in [0.25, 0.3) is 0 Å². The molecule has 0 saturated carbocycles. The Morgan fingerprint density at radius 3 is 1.97 bits per heavy atom. The highest BCUT2D eigenvalue weighted by Gasteiger charge is 2.36. The lowest BCUT2D eigenvalue weighted by atomic mass is 9.90. The molecule has 3 aromatic rings. The van der Waals surface area contributed by atoms with Gasteiger partial charge in [0.15, 0.2) is 9.84 Å². The standard InChI is InChI=1S/C25H24FNO3S/c26-22-14-8-7-13-21(22)23-15-16-27(17-18-31(23,29)30)25(28)24(19-9-3-1-4-10-19)20-11-5-2-6-12-20/h1-14,23-24H,15-18H2/t23-/m0/s1. The second-order valence-electron chi connectivity index (χ2n) is 7.75. The van der Waals surface area contributed by atoms with Gasteiger partial charge >= 0.3 is 0 Å². The normalized spacial score (nSPS) is 18.5. The number of rotatable bonds is 4. The van der Waals surface area contributed by atoms with Crippen LogP contribution < -0.4 is 0 Å². The minimum Gasteiger partial charge on any atom is -0.341 e. The fraction of sp³-hybridized carbons (Fsp3) is 0.240. The van der Waals surface area contributed by atoms with Crippen molar-refractivity contribution >= 4 is 15.7 Å². The quantitative estimate of drug-likeness (QED) is 0.610. The highest BCUT2D eigenvalue weighted by Crippen LogP contribution is 2.33. The van der Waals surface area contributed by atoms with Crippen LogP contribution in [0.15, 0.2) is 84.9 Å². The summed E-state index contributed by atoms with van der Waals surface area (Å²) in [5.41, 5.74) is 1.90. The van der Waals surface area contributed by atoms with Crippen LogP contribution in [0.3, 0.4) is 0 Å². The van der Waals surface area contributed by atoms with Gasteiger partial charge < -0.3 is 4.90 Å². The van der Waals surface area contributed by atoms with E-state index in [9.17, 15) is 17.6 Å². The maximum Gasteiger partial charge on any atom is 0.234 e. The Morgan fingerprint density at radius 1 is 0.839 bits per heavy atom. The Hall–Kier alpha value is -2.99. The average Bonchev–Trinajstić information content (AvgIpc) is 2.94. The predicted octanol–water partition coefficient (Wildman–Crippen LogP) is 4.35. The van der Waals surface area contributed by atoms with Crippen molar-refractivity contribution in [2.45, 2.75) is 17.6 Å². The number of hydrogen-bond donors (Lipinski definition) is 0. The van der Waals surface area contributed by atoms with Gasteiger partial charge in [-0.05, 0) is 23.6 Å². The number of carbonyl (C=O) groups is 1. The molecule has 0 bridgehead atoms. The van der Waals surface area contributed by atoms with Crippen molar-refractivity contribution in [3.05, 3.63) is 107 Å². The lowest BCUT2D eigenvalue weighted by Gasteiger charge is -2.26. The Balaban J connectivity index is 1.64. The molecule has 1 heterocycles. The lowest BCUT2D eigenvalue weighted by molar-refractivity contribution is -0.131. The summed E-state index contributed by atoms with van der Waals surface area (Å²) in [6.07, 6.45) is 0.172. The third kappa shape index (κ3) is 4.54. The van der Waals surface area contributed by atoms with Gasteiger partial charge in [-0.2, -0.15) is 0 Å². The first-order chi connectivity index (χ1) is 15.0. The van der Waals surface area contributed by atoms with E-state index in [2.05, 4.69) is 0 Å². The Bertz CT molecular complexity index is 1110. The summed E-state index contributed by atoms with van der Waals surface area (Å²) in [5, 5.41) is -0.946. The fourth-order valence-corrected chi connectivity index (χ4v) is 6.00. The number of sulfone groups is 1. The van der Waals surface area contributed by atoms with Crippen LogP contribution in [0.2, 0.25) is 0 Å². The fourth-order valence-electron chi connectivity index (χ4n) is 4.20. The molecule has 1 aliphatic rings. The van der Waals surface area contributed by atoms with Gasteiger partial charge in [0.2, 0.25) is 5.91 Å². The molecule has 4 nitrogen and oxygen atoms in total. The van der Waals surface area contributed by atoms with Gasteiger partial charge in [-0.25, -0.2) is 12.8 Å². The van der Waals surface area contributed by atoms with Crippen molar-refractivity contribution < 1.29 is 17.6 Å². The second-order valence-corrected chi connectivity index (χ2v) is 10.0. The highest BCUT2D eigenvalue weighted by molar-refractivity contribution is 7.91. The molecule has 1 saturated heterocycles. The summed E-state index contributed by atoms with van der Waals surface area (Å²) in [4.78, 5) is 15.2. The molecule has 0 radical (unpaired) electrons. The molecule has 0 spiro atoms. The smallest absolute Gasteiger partial charge is 0.234 e. The molecule has 1 aliphatic heterocycles. The molecule has 0 aromatic heterocycles. The Kier molecular flexibility index (Phi) is 6.18. The van der Waals surface area contributed by atoms with Crippen LogP contribution in [0.4, 0.5) is 4.39 Å². The van der Waals surface area contributed by atoms with Crippen molar-refractivity contribution in [2.24, 2.45) is 0 Å². The maximum absolute atomic E-state index is 14.3. The number of carbonyl (C=O) groups excluding carboxylic acids is 1. The molecule has 6 heteroatoms. The minimum atomic E-state index is -3.59. The Labute approximate surface area is 182 Å². The summed E-state index contributed by atoms with van der Waals surface area (Å²) in [5.74, 6) is -1.37. The largest absolute Gasteiger partial charge is 0.341 e. The average molecular weight is 438 g/mol. The van der Waals surface area contributed by atoms with E-state index in [0.717, 1.165) is 11.1 Å². The van der Waals surface area contributed by atoms with Crippen molar-refractivity contribution in [1.82, 2.24) is 4.90 Å². The maximum atomic E-state index is 14.3. The molecule has 0 N–H and O–H groups in total. The summed E-state index contributed by atoms with van der Waals surface area (Å²) in [6.45, 7) is 0.357. The minimum absolute atomic E-state index is 0.0995. The molecule has 0 unspecified atom stereocenters. The van der Waals surface area contributed by atoms with Crippen molar-refractivity contribution in [3.63, 3.8) is 0 Å². The summed E-state index contributed by atoms with van der Waals surface area (Å²) in [7, 11) is -3.59. The van der Waals surface area contributed by atoms with Crippen LogP contribution in [0, 0.1) is 5.82 Å². The summed E-state index contributed by atoms with van der Waals surface area (Å²) >= 11 is 0. The van der Waals surface area contributed by atoms with E-state index in [0.29, 0.717) is 0 Å². The summed E-state index contributed by atoms with van der Waals surface area (Å²) in [6, 6.07) is 25.0. The van der Waals surface area contributed by atoms with E-state index in [1.165, 1.54) is 12.1 Å². The van der Waals surface area contributed by atoms with Crippen LogP contribution in [-0.4, -0.2) is 38.1 Å². The van der Waals surface area contributed by atoms with Crippen molar-refractivity contribution in [3.8, 4) is 0 Å². The highest BCUT2D eigenvalue weighted by atomic mass is 32.2. The Morgan fingerprint density at radius 2 is 1.39 bits per heavy atom. The van der Waals surface area contributed by atoms with Crippen LogP contribution >= 0.6 is 0 Å². The van der Waals surface area contributed by atoms with E-state index in [1.807, 2.05) is 60.7 Å². The van der Waals surface area contributed by atoms with Gasteiger partial charge in [-0.15, -0.1) is 0 Å². The SMILES string of the molecule is O=C(C(c1ccccc1)c1ccccc1)N1CC[C@@H](c2ccccc2F)S(=O)(=O)CC1. The third-order valence-corrected chi connectivity index (χ3v) is 7.93. The molecule has 4 rings (SSSR count). The monoisotopic (exact) mass is 437 g/mol. The van der Waals surface area contributed by atoms with Crippen molar-refractivity contribution in [2.75, 3.05) is 18.8 Å². The first kappa shape index (κ1) is 21.2. The second kappa shape index (κ2) is 9.02. The molecule has 1 amide bonds. The van der Waals surface area contributed by atoms with Gasteiger partial charge in [0.25, 0.3) is 0 Å². The number of halogens is 1. The lowest BCUT2D eigenvalue weighted by Crippen LogP contribution is -2.37. The molecule has 31 heavy (non-hydrogen) atoms. The van der Waals surface area contributed by atoms with E-state index in [1.54, 1.807) is 17.0 Å². The first-order valence-corrected chi connectivity index (χ1v) is 12.0. The topological polar surface area (TPSA) is 54.5 Å². The molecule has 1 fully saturated rings. The molecule has 160 valence electrons. The van der Waals surface area contributed by atoms with Crippen molar-refractivity contribution in [1.29, 1.82) is 0 Å². The first-order valence-electron chi connectivity index (χ1n) is 10.3. The molecule has 0 aliphatic carbocycles. The van der Waals surface area contributed by atoms with E-state index in [4.69, 9.17) is 0 Å².